The first-order valence-electron chi connectivity index (χ1n) is 5.23. The Bertz CT molecular complexity index is 638. The van der Waals surface area contributed by atoms with Gasteiger partial charge in [-0.05, 0) is 31.5 Å². The molecule has 6 heteroatoms. The molecule has 0 fully saturated rings. The number of terminal acetylenes is 1. The summed E-state index contributed by atoms with van der Waals surface area (Å²) in [6.45, 7) is 3.43. The predicted octanol–water partition coefficient (Wildman–Crippen LogP) is 1.38. The summed E-state index contributed by atoms with van der Waals surface area (Å²) in [6, 6.07) is 4.71. The fourth-order valence-electron chi connectivity index (χ4n) is 1.45. The molecule has 98 valence electrons. The van der Waals surface area contributed by atoms with Crippen LogP contribution in [-0.2, 0) is 14.4 Å². The van der Waals surface area contributed by atoms with Crippen LogP contribution >= 0.6 is 7.14 Å². The van der Waals surface area contributed by atoms with Crippen molar-refractivity contribution in [1.82, 2.24) is 0 Å². The molecule has 18 heavy (non-hydrogen) atoms. The van der Waals surface area contributed by atoms with Crippen LogP contribution in [0, 0.1) is 12.3 Å². The lowest BCUT2D eigenvalue weighted by atomic mass is 10.3. The van der Waals surface area contributed by atoms with E-state index in [9.17, 15) is 13.0 Å². The molecule has 0 radical (unpaired) electrons. The molecule has 1 N–H and O–H groups in total. The van der Waals surface area contributed by atoms with Crippen LogP contribution in [0.3, 0.4) is 0 Å². The summed E-state index contributed by atoms with van der Waals surface area (Å²) in [5.41, 5.74) is 0.438. The average molecular weight is 285 g/mol. The summed E-state index contributed by atoms with van der Waals surface area (Å²) in [7, 11) is -5.89. The van der Waals surface area contributed by atoms with Crippen LogP contribution in [-0.4, -0.2) is 34.5 Å². The van der Waals surface area contributed by atoms with Crippen molar-refractivity contribution in [3.8, 4) is 12.3 Å². The lowest BCUT2D eigenvalue weighted by Crippen LogP contribution is -2.11. The third-order valence-electron chi connectivity index (χ3n) is 2.37. The van der Waals surface area contributed by atoms with E-state index in [0.29, 0.717) is 11.0 Å². The highest BCUT2D eigenvalue weighted by molar-refractivity contribution is 7.91. The number of hydrogen-bond donors (Lipinski definition) is 1. The van der Waals surface area contributed by atoms with E-state index in [-0.39, 0.29) is 11.4 Å². The molecule has 0 amide bonds. The Balaban J connectivity index is 3.41. The molecule has 0 aliphatic rings. The smallest absolute Gasteiger partial charge is 0.177 e. The quantitative estimate of drug-likeness (QED) is 0.670. The van der Waals surface area contributed by atoms with Crippen LogP contribution < -0.4 is 10.6 Å². The monoisotopic (exact) mass is 285 g/mol. The van der Waals surface area contributed by atoms with Gasteiger partial charge in [0.15, 0.2) is 9.84 Å². The van der Waals surface area contributed by atoms with Gasteiger partial charge in [0.1, 0.15) is 7.14 Å². The van der Waals surface area contributed by atoms with Crippen molar-refractivity contribution in [1.29, 1.82) is 0 Å². The highest BCUT2D eigenvalue weighted by Gasteiger charge is 2.18. The summed E-state index contributed by atoms with van der Waals surface area (Å²) in [5, 5.41) is 3.38. The molecular weight excluding hydrogens is 269 g/mol. The topological polar surface area (TPSA) is 63.2 Å². The van der Waals surface area contributed by atoms with Crippen LogP contribution in [0.25, 0.3) is 0 Å². The van der Waals surface area contributed by atoms with E-state index in [0.717, 1.165) is 6.26 Å². The van der Waals surface area contributed by atoms with Gasteiger partial charge in [-0.3, -0.25) is 0 Å². The van der Waals surface area contributed by atoms with E-state index in [1.807, 2.05) is 0 Å². The van der Waals surface area contributed by atoms with Crippen LogP contribution in [0.2, 0.25) is 0 Å². The van der Waals surface area contributed by atoms with Crippen molar-refractivity contribution in [2.45, 2.75) is 4.90 Å². The van der Waals surface area contributed by atoms with Gasteiger partial charge in [0, 0.05) is 11.6 Å². The molecule has 1 aromatic rings. The Morgan fingerprint density at radius 1 is 1.39 bits per heavy atom. The Morgan fingerprint density at radius 2 is 2.00 bits per heavy atom. The first kappa shape index (κ1) is 14.8. The van der Waals surface area contributed by atoms with Gasteiger partial charge in [-0.25, -0.2) is 8.42 Å². The van der Waals surface area contributed by atoms with Crippen LogP contribution in [0.5, 0.6) is 0 Å². The van der Waals surface area contributed by atoms with Gasteiger partial charge in [-0.2, -0.15) is 0 Å². The van der Waals surface area contributed by atoms with Gasteiger partial charge in [0.2, 0.25) is 0 Å². The van der Waals surface area contributed by atoms with Gasteiger partial charge >= 0.3 is 0 Å². The number of sulfone groups is 1. The summed E-state index contributed by atoms with van der Waals surface area (Å²) < 4.78 is 35.4. The molecule has 0 atom stereocenters. The summed E-state index contributed by atoms with van der Waals surface area (Å²) in [5.74, 6) is 2.38. The van der Waals surface area contributed by atoms with Crippen molar-refractivity contribution in [3.05, 3.63) is 18.2 Å². The maximum Gasteiger partial charge on any atom is 0.177 e. The number of benzene rings is 1. The second kappa shape index (κ2) is 5.17. The third kappa shape index (κ3) is 3.63. The van der Waals surface area contributed by atoms with Gasteiger partial charge < -0.3 is 9.88 Å². The molecule has 0 saturated carbocycles. The maximum absolute atomic E-state index is 12.0. The van der Waals surface area contributed by atoms with Crippen molar-refractivity contribution in [2.75, 3.05) is 31.4 Å². The van der Waals surface area contributed by atoms with E-state index in [2.05, 4.69) is 11.2 Å². The second-order valence-corrected chi connectivity index (χ2v) is 9.56. The highest BCUT2D eigenvalue weighted by atomic mass is 32.2. The summed E-state index contributed by atoms with van der Waals surface area (Å²) in [6.07, 6.45) is 6.24. The van der Waals surface area contributed by atoms with Crippen molar-refractivity contribution in [3.63, 3.8) is 0 Å². The molecule has 0 aromatic heterocycles. The molecule has 1 rings (SSSR count). The third-order valence-corrected chi connectivity index (χ3v) is 5.03. The molecule has 1 aromatic carbocycles. The van der Waals surface area contributed by atoms with Crippen molar-refractivity contribution >= 4 is 28.0 Å². The molecule has 4 nitrogen and oxygen atoms in total. The van der Waals surface area contributed by atoms with Crippen LogP contribution in [0.4, 0.5) is 5.69 Å². The lowest BCUT2D eigenvalue weighted by molar-refractivity contribution is 0.588. The standard InChI is InChI=1S/C12H16NO3PS/c1-5-8-13-11-7-6-10(17(2,3)14)9-12(11)18(4,15)16/h1,6-7,9,13H,8H2,2-4H3. The fraction of sp³-hybridized carbons (Fsp3) is 0.333. The van der Waals surface area contributed by atoms with Gasteiger partial charge in [0.25, 0.3) is 0 Å². The van der Waals surface area contributed by atoms with Crippen LogP contribution in [0.1, 0.15) is 0 Å². The normalized spacial score (nSPS) is 11.9. The van der Waals surface area contributed by atoms with E-state index in [1.165, 1.54) is 6.07 Å². The molecule has 0 aliphatic heterocycles. The van der Waals surface area contributed by atoms with Gasteiger partial charge in [0.05, 0.1) is 17.1 Å². The van der Waals surface area contributed by atoms with Crippen LogP contribution in [0.15, 0.2) is 23.1 Å². The number of rotatable bonds is 4. The van der Waals surface area contributed by atoms with Crippen molar-refractivity contribution < 1.29 is 13.0 Å². The second-order valence-electron chi connectivity index (χ2n) is 4.36. The average Bonchev–Trinajstić information content (AvgIpc) is 2.23. The minimum atomic E-state index is -3.40. The summed E-state index contributed by atoms with van der Waals surface area (Å²) in [4.78, 5) is 0.124. The Labute approximate surface area is 108 Å². The van der Waals surface area contributed by atoms with Gasteiger partial charge in [-0.1, -0.05) is 5.92 Å². The minimum absolute atomic E-state index is 0.124. The van der Waals surface area contributed by atoms with E-state index in [1.54, 1.807) is 25.5 Å². The molecular formula is C12H16NO3PS. The largest absolute Gasteiger partial charge is 0.373 e. The zero-order valence-electron chi connectivity index (χ0n) is 10.6. The molecule has 0 spiro atoms. The fourth-order valence-corrected chi connectivity index (χ4v) is 3.29. The zero-order chi connectivity index (χ0) is 14.0. The lowest BCUT2D eigenvalue weighted by Gasteiger charge is -2.13. The van der Waals surface area contributed by atoms with Crippen molar-refractivity contribution in [2.24, 2.45) is 0 Å². The van der Waals surface area contributed by atoms with E-state index < -0.39 is 17.0 Å². The van der Waals surface area contributed by atoms with E-state index >= 15 is 0 Å². The first-order valence-corrected chi connectivity index (χ1v) is 9.72. The SMILES string of the molecule is C#CCNc1ccc(P(C)(C)=O)cc1S(C)(=O)=O. The summed E-state index contributed by atoms with van der Waals surface area (Å²) >= 11 is 0. The molecule has 0 saturated heterocycles. The number of nitrogens with one attached hydrogen (secondary N) is 1. The molecule has 0 bridgehead atoms. The Morgan fingerprint density at radius 3 is 2.44 bits per heavy atom. The highest BCUT2D eigenvalue weighted by Crippen LogP contribution is 2.36. The number of anilines is 1. The minimum Gasteiger partial charge on any atom is -0.373 e. The van der Waals surface area contributed by atoms with Gasteiger partial charge in [-0.15, -0.1) is 6.42 Å². The zero-order valence-corrected chi connectivity index (χ0v) is 12.3. The molecule has 0 heterocycles. The predicted molar refractivity (Wildman–Crippen MR) is 76.0 cm³/mol. The maximum atomic E-state index is 12.0. The molecule has 0 aliphatic carbocycles. The Hall–Kier alpha value is -1.24. The first-order chi connectivity index (χ1) is 8.16. The Kier molecular flexibility index (Phi) is 4.26. The van der Waals surface area contributed by atoms with E-state index in [4.69, 9.17) is 6.42 Å². The molecule has 0 unspecified atom stereocenters. The number of hydrogen-bond acceptors (Lipinski definition) is 4.